The lowest BCUT2D eigenvalue weighted by Crippen LogP contribution is -1.98. The summed E-state index contributed by atoms with van der Waals surface area (Å²) in [6, 6.07) is 14.4. The molecule has 1 N–H and O–H groups in total. The highest BCUT2D eigenvalue weighted by Gasteiger charge is 2.08. The fraction of sp³-hybridized carbons (Fsp3) is 0.222. The van der Waals surface area contributed by atoms with Crippen LogP contribution in [0.1, 0.15) is 16.9 Å². The van der Waals surface area contributed by atoms with Gasteiger partial charge in [0.1, 0.15) is 5.76 Å². The van der Waals surface area contributed by atoms with E-state index in [1.165, 1.54) is 11.1 Å². The van der Waals surface area contributed by atoms with E-state index in [9.17, 15) is 0 Å². The topological polar surface area (TPSA) is 34.4 Å². The van der Waals surface area contributed by atoms with E-state index >= 15 is 0 Å². The van der Waals surface area contributed by atoms with Gasteiger partial charge in [0.05, 0.1) is 13.7 Å². The van der Waals surface area contributed by atoms with Gasteiger partial charge in [-0.05, 0) is 49.2 Å². The number of anilines is 1. The Morgan fingerprint density at radius 2 is 1.81 bits per heavy atom. The Kier molecular flexibility index (Phi) is 3.57. The van der Waals surface area contributed by atoms with Crippen molar-refractivity contribution in [2.45, 2.75) is 20.4 Å². The molecule has 0 atom stereocenters. The number of fused-ring (bicyclic) bond motifs is 1. The molecule has 0 fully saturated rings. The molecule has 0 aliphatic carbocycles. The van der Waals surface area contributed by atoms with Crippen molar-refractivity contribution in [3.05, 3.63) is 59.4 Å². The second kappa shape index (κ2) is 5.52. The van der Waals surface area contributed by atoms with Gasteiger partial charge in [0.2, 0.25) is 0 Å². The van der Waals surface area contributed by atoms with Gasteiger partial charge < -0.3 is 14.5 Å². The number of hydrogen-bond acceptors (Lipinski definition) is 3. The Morgan fingerprint density at radius 1 is 1.05 bits per heavy atom. The van der Waals surface area contributed by atoms with Gasteiger partial charge in [-0.15, -0.1) is 0 Å². The van der Waals surface area contributed by atoms with Crippen LogP contribution in [0.5, 0.6) is 5.75 Å². The second-order valence-corrected chi connectivity index (χ2v) is 5.32. The summed E-state index contributed by atoms with van der Waals surface area (Å²) in [6.07, 6.45) is 0. The normalized spacial score (nSPS) is 10.8. The Balaban J connectivity index is 1.82. The number of methoxy groups -OCH3 is 1. The monoisotopic (exact) mass is 281 g/mol. The molecule has 108 valence electrons. The third kappa shape index (κ3) is 2.87. The first-order valence-electron chi connectivity index (χ1n) is 7.03. The molecule has 1 aromatic heterocycles. The molecule has 3 rings (SSSR count). The van der Waals surface area contributed by atoms with Crippen molar-refractivity contribution >= 4 is 16.7 Å². The lowest BCUT2D eigenvalue weighted by Gasteiger charge is -2.07. The van der Waals surface area contributed by atoms with E-state index in [4.69, 9.17) is 9.15 Å². The molecule has 0 unspecified atom stereocenters. The number of para-hydroxylation sites is 1. The zero-order valence-electron chi connectivity index (χ0n) is 12.6. The van der Waals surface area contributed by atoms with Crippen LogP contribution in [0.25, 0.3) is 11.0 Å². The quantitative estimate of drug-likeness (QED) is 0.754. The van der Waals surface area contributed by atoms with E-state index in [1.807, 2.05) is 24.3 Å². The first kappa shape index (κ1) is 13.6. The standard InChI is InChI=1S/C18H19NO2/c1-12-7-13(2)9-15(8-12)19-11-16-10-14-5-4-6-17(20-3)18(14)21-16/h4-10,19H,11H2,1-3H3. The van der Waals surface area contributed by atoms with Gasteiger partial charge in [0.15, 0.2) is 11.3 Å². The van der Waals surface area contributed by atoms with Crippen LogP contribution < -0.4 is 10.1 Å². The number of furan rings is 1. The van der Waals surface area contributed by atoms with Gasteiger partial charge in [-0.2, -0.15) is 0 Å². The Hall–Kier alpha value is -2.42. The summed E-state index contributed by atoms with van der Waals surface area (Å²) in [7, 11) is 1.66. The first-order chi connectivity index (χ1) is 10.2. The van der Waals surface area contributed by atoms with Crippen molar-refractivity contribution in [2.75, 3.05) is 12.4 Å². The minimum atomic E-state index is 0.653. The SMILES string of the molecule is COc1cccc2cc(CNc3cc(C)cc(C)c3)oc12. The number of hydrogen-bond donors (Lipinski definition) is 1. The smallest absolute Gasteiger partial charge is 0.176 e. The van der Waals surface area contributed by atoms with E-state index in [2.05, 4.69) is 37.4 Å². The van der Waals surface area contributed by atoms with Crippen LogP contribution >= 0.6 is 0 Å². The zero-order valence-corrected chi connectivity index (χ0v) is 12.6. The summed E-state index contributed by atoms with van der Waals surface area (Å²) >= 11 is 0. The summed E-state index contributed by atoms with van der Waals surface area (Å²) in [4.78, 5) is 0. The maximum atomic E-state index is 5.88. The molecule has 2 aromatic carbocycles. The van der Waals surface area contributed by atoms with Gasteiger partial charge in [0, 0.05) is 11.1 Å². The maximum absolute atomic E-state index is 5.88. The number of ether oxygens (including phenoxy) is 1. The fourth-order valence-electron chi connectivity index (χ4n) is 2.60. The fourth-order valence-corrected chi connectivity index (χ4v) is 2.60. The van der Waals surface area contributed by atoms with Gasteiger partial charge in [-0.25, -0.2) is 0 Å². The number of benzene rings is 2. The Bertz CT molecular complexity index is 754. The molecule has 0 aliphatic heterocycles. The van der Waals surface area contributed by atoms with E-state index < -0.39 is 0 Å². The molecule has 0 spiro atoms. The van der Waals surface area contributed by atoms with E-state index in [-0.39, 0.29) is 0 Å². The predicted octanol–water partition coefficient (Wildman–Crippen LogP) is 4.67. The van der Waals surface area contributed by atoms with E-state index in [0.717, 1.165) is 28.2 Å². The molecular weight excluding hydrogens is 262 g/mol. The molecule has 0 radical (unpaired) electrons. The lowest BCUT2D eigenvalue weighted by molar-refractivity contribution is 0.408. The largest absolute Gasteiger partial charge is 0.493 e. The molecule has 0 saturated heterocycles. The molecule has 0 amide bonds. The van der Waals surface area contributed by atoms with Crippen LogP contribution in [0.15, 0.2) is 46.9 Å². The molecule has 1 heterocycles. The second-order valence-electron chi connectivity index (χ2n) is 5.32. The molecule has 3 nitrogen and oxygen atoms in total. The summed E-state index contributed by atoms with van der Waals surface area (Å²) in [6.45, 7) is 4.86. The van der Waals surface area contributed by atoms with Crippen molar-refractivity contribution < 1.29 is 9.15 Å². The molecule has 0 bridgehead atoms. The first-order valence-corrected chi connectivity index (χ1v) is 7.03. The van der Waals surface area contributed by atoms with Crippen LogP contribution in [0, 0.1) is 13.8 Å². The van der Waals surface area contributed by atoms with Crippen LogP contribution in [-0.4, -0.2) is 7.11 Å². The van der Waals surface area contributed by atoms with Gasteiger partial charge in [0.25, 0.3) is 0 Å². The minimum Gasteiger partial charge on any atom is -0.493 e. The third-order valence-electron chi connectivity index (χ3n) is 3.47. The Morgan fingerprint density at radius 3 is 2.52 bits per heavy atom. The van der Waals surface area contributed by atoms with Crippen LogP contribution in [-0.2, 0) is 6.54 Å². The number of aryl methyl sites for hydroxylation is 2. The summed E-state index contributed by atoms with van der Waals surface area (Å²) in [5.41, 5.74) is 4.42. The zero-order chi connectivity index (χ0) is 14.8. The van der Waals surface area contributed by atoms with E-state index in [1.54, 1.807) is 7.11 Å². The minimum absolute atomic E-state index is 0.653. The molecule has 0 aliphatic rings. The molecular formula is C18H19NO2. The summed E-state index contributed by atoms with van der Waals surface area (Å²) in [5.74, 6) is 1.67. The number of rotatable bonds is 4. The average Bonchev–Trinajstić information content (AvgIpc) is 2.87. The van der Waals surface area contributed by atoms with Gasteiger partial charge in [-0.3, -0.25) is 0 Å². The van der Waals surface area contributed by atoms with Crippen LogP contribution in [0.3, 0.4) is 0 Å². The maximum Gasteiger partial charge on any atom is 0.176 e. The van der Waals surface area contributed by atoms with Crippen LogP contribution in [0.4, 0.5) is 5.69 Å². The van der Waals surface area contributed by atoms with Crippen molar-refractivity contribution in [3.63, 3.8) is 0 Å². The Labute approximate surface area is 124 Å². The molecule has 3 aromatic rings. The van der Waals surface area contributed by atoms with Crippen molar-refractivity contribution in [2.24, 2.45) is 0 Å². The van der Waals surface area contributed by atoms with Crippen molar-refractivity contribution in [3.8, 4) is 5.75 Å². The third-order valence-corrected chi connectivity index (χ3v) is 3.47. The lowest BCUT2D eigenvalue weighted by atomic mass is 10.1. The van der Waals surface area contributed by atoms with E-state index in [0.29, 0.717) is 6.54 Å². The summed E-state index contributed by atoms with van der Waals surface area (Å²) < 4.78 is 11.2. The predicted molar refractivity (Wildman–Crippen MR) is 86.0 cm³/mol. The molecule has 21 heavy (non-hydrogen) atoms. The highest BCUT2D eigenvalue weighted by molar-refractivity contribution is 5.83. The van der Waals surface area contributed by atoms with Crippen molar-refractivity contribution in [1.29, 1.82) is 0 Å². The van der Waals surface area contributed by atoms with Crippen LogP contribution in [0.2, 0.25) is 0 Å². The molecule has 0 saturated carbocycles. The van der Waals surface area contributed by atoms with Gasteiger partial charge >= 0.3 is 0 Å². The summed E-state index contributed by atoms with van der Waals surface area (Å²) in [5, 5.41) is 4.47. The number of nitrogens with one attached hydrogen (secondary N) is 1. The average molecular weight is 281 g/mol. The molecule has 3 heteroatoms. The highest BCUT2D eigenvalue weighted by Crippen LogP contribution is 2.28. The van der Waals surface area contributed by atoms with Crippen molar-refractivity contribution in [1.82, 2.24) is 0 Å². The highest BCUT2D eigenvalue weighted by atomic mass is 16.5. The van der Waals surface area contributed by atoms with Gasteiger partial charge in [-0.1, -0.05) is 18.2 Å².